The van der Waals surface area contributed by atoms with E-state index in [-0.39, 0.29) is 5.69 Å². The normalized spacial score (nSPS) is 14.4. The van der Waals surface area contributed by atoms with Crippen LogP contribution in [0.25, 0.3) is 6.08 Å². The van der Waals surface area contributed by atoms with Crippen LogP contribution in [0.4, 0.5) is 5.82 Å². The predicted molar refractivity (Wildman–Crippen MR) is 38.9 cm³/mol. The summed E-state index contributed by atoms with van der Waals surface area (Å²) in [5.41, 5.74) is 0.667. The number of rotatable bonds is 0. The Morgan fingerprint density at radius 2 is 2.30 bits per heavy atom. The van der Waals surface area contributed by atoms with Crippen LogP contribution in [0, 0.1) is 0 Å². The van der Waals surface area contributed by atoms with Crippen molar-refractivity contribution in [1.82, 2.24) is 9.97 Å². The molecule has 0 aliphatic carbocycles. The second-order valence-electron chi connectivity index (χ2n) is 2.15. The summed E-state index contributed by atoms with van der Waals surface area (Å²) in [7, 11) is 0. The van der Waals surface area contributed by atoms with Crippen LogP contribution in [0.1, 0.15) is 5.69 Å². The molecule has 2 heterocycles. The van der Waals surface area contributed by atoms with E-state index in [9.17, 15) is 4.79 Å². The average Bonchev–Trinajstić information content (AvgIpc) is 2.27. The molecule has 0 spiro atoms. The first kappa shape index (κ1) is 5.34. The maximum Gasteiger partial charge on any atom is 0.324 e. The van der Waals surface area contributed by atoms with Gasteiger partial charge in [0.15, 0.2) is 0 Å². The van der Waals surface area contributed by atoms with Crippen molar-refractivity contribution in [3.8, 4) is 0 Å². The molecule has 0 bridgehead atoms. The van der Waals surface area contributed by atoms with Crippen molar-refractivity contribution in [1.29, 1.82) is 0 Å². The predicted octanol–water partition coefficient (Wildman–Crippen LogP) is 0.142. The van der Waals surface area contributed by atoms with Crippen molar-refractivity contribution in [2.45, 2.75) is 0 Å². The second-order valence-corrected chi connectivity index (χ2v) is 2.15. The van der Waals surface area contributed by atoms with E-state index in [4.69, 9.17) is 0 Å². The molecule has 52 valence electrons. The number of aromatic amines is 2. The number of imidazole rings is 1. The summed E-state index contributed by atoms with van der Waals surface area (Å²) >= 11 is 0. The Hall–Kier alpha value is -1.45. The molecule has 1 aromatic heterocycles. The van der Waals surface area contributed by atoms with Crippen molar-refractivity contribution < 1.29 is 0 Å². The summed E-state index contributed by atoms with van der Waals surface area (Å²) < 4.78 is 0. The molecule has 0 saturated carbocycles. The van der Waals surface area contributed by atoms with Crippen LogP contribution < -0.4 is 11.0 Å². The Balaban J connectivity index is 2.63. The van der Waals surface area contributed by atoms with E-state index in [0.717, 1.165) is 18.1 Å². The van der Waals surface area contributed by atoms with Gasteiger partial charge in [-0.25, -0.2) is 4.79 Å². The average molecular weight is 137 g/mol. The fourth-order valence-electron chi connectivity index (χ4n) is 0.999. The standard InChI is InChI=1S/C6H7N3O/c10-6-8-4-2-1-3-7-5(4)9-6/h1-2,7H,3H2,(H2,8,9,10). The molecule has 10 heavy (non-hydrogen) atoms. The molecule has 2 rings (SSSR count). The van der Waals surface area contributed by atoms with E-state index in [1.807, 2.05) is 12.2 Å². The van der Waals surface area contributed by atoms with Gasteiger partial charge in [-0.1, -0.05) is 6.08 Å². The summed E-state index contributed by atoms with van der Waals surface area (Å²) in [4.78, 5) is 15.9. The highest BCUT2D eigenvalue weighted by atomic mass is 16.1. The minimum atomic E-state index is -0.163. The van der Waals surface area contributed by atoms with Crippen LogP contribution in [0.2, 0.25) is 0 Å². The summed E-state index contributed by atoms with van der Waals surface area (Å²) in [6.45, 7) is 0.779. The molecule has 3 N–H and O–H groups in total. The molecule has 0 radical (unpaired) electrons. The molecule has 4 nitrogen and oxygen atoms in total. The Kier molecular flexibility index (Phi) is 0.943. The van der Waals surface area contributed by atoms with Gasteiger partial charge < -0.3 is 10.3 Å². The lowest BCUT2D eigenvalue weighted by atomic mass is 10.3. The van der Waals surface area contributed by atoms with E-state index in [1.54, 1.807) is 0 Å². The molecule has 0 saturated heterocycles. The quantitative estimate of drug-likeness (QED) is 0.476. The first-order valence-corrected chi connectivity index (χ1v) is 3.09. The van der Waals surface area contributed by atoms with E-state index in [1.165, 1.54) is 0 Å². The minimum absolute atomic E-state index is 0.163. The monoisotopic (exact) mass is 137 g/mol. The molecule has 0 atom stereocenters. The highest BCUT2D eigenvalue weighted by Gasteiger charge is 2.04. The molecule has 1 aromatic rings. The highest BCUT2D eigenvalue weighted by Crippen LogP contribution is 2.11. The first-order valence-electron chi connectivity index (χ1n) is 3.09. The minimum Gasteiger partial charge on any atom is -0.366 e. The lowest BCUT2D eigenvalue weighted by Crippen LogP contribution is -2.04. The summed E-state index contributed by atoms with van der Waals surface area (Å²) in [5.74, 6) is 0.785. The van der Waals surface area contributed by atoms with Crippen molar-refractivity contribution in [2.75, 3.05) is 11.9 Å². The van der Waals surface area contributed by atoms with Crippen LogP contribution >= 0.6 is 0 Å². The van der Waals surface area contributed by atoms with Crippen LogP contribution in [0.5, 0.6) is 0 Å². The lowest BCUT2D eigenvalue weighted by molar-refractivity contribution is 1.18. The van der Waals surface area contributed by atoms with Crippen molar-refractivity contribution in [3.05, 3.63) is 22.3 Å². The molecule has 1 aliphatic heterocycles. The van der Waals surface area contributed by atoms with Gasteiger partial charge in [-0.15, -0.1) is 0 Å². The Labute approximate surface area is 57.0 Å². The van der Waals surface area contributed by atoms with Gasteiger partial charge in [-0.2, -0.15) is 0 Å². The Bertz CT molecular complexity index is 320. The van der Waals surface area contributed by atoms with Gasteiger partial charge in [-0.05, 0) is 6.08 Å². The van der Waals surface area contributed by atoms with Crippen molar-refractivity contribution >= 4 is 11.9 Å². The van der Waals surface area contributed by atoms with Crippen molar-refractivity contribution in [2.24, 2.45) is 0 Å². The number of H-pyrrole nitrogens is 2. The first-order chi connectivity index (χ1) is 4.86. The SMILES string of the molecule is O=c1[nH]c2c([nH]1)NCC=C2. The highest BCUT2D eigenvalue weighted by molar-refractivity contribution is 5.62. The number of anilines is 1. The van der Waals surface area contributed by atoms with Crippen LogP contribution in [0.15, 0.2) is 10.9 Å². The number of aromatic nitrogens is 2. The maximum atomic E-state index is 10.7. The fraction of sp³-hybridized carbons (Fsp3) is 0.167. The third kappa shape index (κ3) is 0.655. The van der Waals surface area contributed by atoms with Gasteiger partial charge in [0.25, 0.3) is 0 Å². The van der Waals surface area contributed by atoms with Crippen LogP contribution in [-0.4, -0.2) is 16.5 Å². The molecule has 4 heteroatoms. The summed E-state index contributed by atoms with van der Waals surface area (Å²) in [5, 5.41) is 3.01. The molecule has 1 aliphatic rings. The van der Waals surface area contributed by atoms with Crippen LogP contribution in [0.3, 0.4) is 0 Å². The fourth-order valence-corrected chi connectivity index (χ4v) is 0.999. The zero-order valence-electron chi connectivity index (χ0n) is 5.27. The van der Waals surface area contributed by atoms with E-state index in [2.05, 4.69) is 15.3 Å². The molecule has 0 fully saturated rings. The Morgan fingerprint density at radius 1 is 1.40 bits per heavy atom. The number of fused-ring (bicyclic) bond motifs is 1. The third-order valence-corrected chi connectivity index (χ3v) is 1.44. The molecule has 0 unspecified atom stereocenters. The van der Waals surface area contributed by atoms with Gasteiger partial charge in [-0.3, -0.25) is 4.98 Å². The number of hydrogen-bond acceptors (Lipinski definition) is 2. The lowest BCUT2D eigenvalue weighted by Gasteiger charge is -2.04. The van der Waals surface area contributed by atoms with E-state index >= 15 is 0 Å². The van der Waals surface area contributed by atoms with Gasteiger partial charge >= 0.3 is 5.69 Å². The summed E-state index contributed by atoms with van der Waals surface area (Å²) in [6.07, 6.45) is 3.83. The smallest absolute Gasteiger partial charge is 0.324 e. The zero-order chi connectivity index (χ0) is 6.97. The molecule has 0 aromatic carbocycles. The maximum absolute atomic E-state index is 10.7. The van der Waals surface area contributed by atoms with Crippen LogP contribution in [-0.2, 0) is 0 Å². The molecular formula is C6H7N3O. The largest absolute Gasteiger partial charge is 0.366 e. The van der Waals surface area contributed by atoms with Gasteiger partial charge in [0.05, 0.1) is 5.69 Å². The molecular weight excluding hydrogens is 130 g/mol. The summed E-state index contributed by atoms with van der Waals surface area (Å²) in [6, 6.07) is 0. The van der Waals surface area contributed by atoms with Crippen molar-refractivity contribution in [3.63, 3.8) is 0 Å². The number of nitrogens with one attached hydrogen (secondary N) is 3. The van der Waals surface area contributed by atoms with Gasteiger partial charge in [0.2, 0.25) is 0 Å². The second kappa shape index (κ2) is 1.76. The topological polar surface area (TPSA) is 60.7 Å². The van der Waals surface area contributed by atoms with Gasteiger partial charge in [0.1, 0.15) is 5.82 Å². The van der Waals surface area contributed by atoms with Gasteiger partial charge in [0, 0.05) is 6.54 Å². The number of hydrogen-bond donors (Lipinski definition) is 3. The van der Waals surface area contributed by atoms with E-state index < -0.39 is 0 Å². The Morgan fingerprint density at radius 3 is 3.10 bits per heavy atom. The zero-order valence-corrected chi connectivity index (χ0v) is 5.27. The third-order valence-electron chi connectivity index (χ3n) is 1.44. The molecule has 0 amide bonds. The van der Waals surface area contributed by atoms with E-state index in [0.29, 0.717) is 0 Å².